The van der Waals surface area contributed by atoms with Crippen LogP contribution in [0.25, 0.3) is 0 Å². The third kappa shape index (κ3) is 6.95. The Morgan fingerprint density at radius 3 is 2.28 bits per heavy atom. The topological polar surface area (TPSA) is 102 Å². The molecule has 0 aliphatic heterocycles. The van der Waals surface area contributed by atoms with Crippen LogP contribution in [0.15, 0.2) is 42.5 Å². The highest BCUT2D eigenvalue weighted by molar-refractivity contribution is 5.95. The smallest absolute Gasteiger partial charge is 0.335 e. The maximum atomic E-state index is 12.3. The molecule has 0 radical (unpaired) electrons. The predicted molar refractivity (Wildman–Crippen MR) is 109 cm³/mol. The van der Waals surface area contributed by atoms with Gasteiger partial charge in [-0.1, -0.05) is 0 Å². The van der Waals surface area contributed by atoms with Gasteiger partial charge in [-0.2, -0.15) is 0 Å². The number of amides is 1. The van der Waals surface area contributed by atoms with Crippen LogP contribution in [-0.2, 0) is 4.79 Å². The minimum atomic E-state index is -1.08. The molecule has 0 heterocycles. The van der Waals surface area contributed by atoms with Crippen molar-refractivity contribution in [3.05, 3.63) is 53.6 Å². The molecule has 1 amide bonds. The molecule has 0 atom stereocenters. The van der Waals surface area contributed by atoms with E-state index < -0.39 is 5.97 Å². The molecular formula is C22H25NO6. The summed E-state index contributed by atoms with van der Waals surface area (Å²) in [6, 6.07) is 11.2. The van der Waals surface area contributed by atoms with E-state index in [4.69, 9.17) is 14.6 Å². The maximum absolute atomic E-state index is 12.3. The van der Waals surface area contributed by atoms with E-state index in [9.17, 15) is 14.4 Å². The second-order valence-electron chi connectivity index (χ2n) is 6.76. The van der Waals surface area contributed by atoms with Crippen molar-refractivity contribution in [2.24, 2.45) is 0 Å². The molecule has 0 bridgehead atoms. The Balaban J connectivity index is 1.88. The van der Waals surface area contributed by atoms with Crippen molar-refractivity contribution in [2.45, 2.75) is 39.7 Å². The summed E-state index contributed by atoms with van der Waals surface area (Å²) >= 11 is 0. The largest absolute Gasteiger partial charge is 0.494 e. The van der Waals surface area contributed by atoms with Crippen LogP contribution < -0.4 is 14.8 Å². The molecule has 0 aromatic heterocycles. The van der Waals surface area contributed by atoms with Gasteiger partial charge in [-0.25, -0.2) is 4.79 Å². The monoisotopic (exact) mass is 399 g/mol. The van der Waals surface area contributed by atoms with Crippen molar-refractivity contribution in [1.82, 2.24) is 0 Å². The lowest BCUT2D eigenvalue weighted by atomic mass is 10.1. The number of Topliss-reactive ketones (excluding diaryl/α,β-unsaturated/α-hetero) is 1. The normalized spacial score (nSPS) is 10.5. The summed E-state index contributed by atoms with van der Waals surface area (Å²) in [5.74, 6) is -0.323. The van der Waals surface area contributed by atoms with E-state index in [1.165, 1.54) is 25.1 Å². The lowest BCUT2D eigenvalue weighted by molar-refractivity contribution is -0.116. The van der Waals surface area contributed by atoms with Gasteiger partial charge in [0, 0.05) is 12.0 Å². The van der Waals surface area contributed by atoms with Gasteiger partial charge in [0.2, 0.25) is 5.91 Å². The van der Waals surface area contributed by atoms with Crippen LogP contribution in [0.5, 0.6) is 11.5 Å². The van der Waals surface area contributed by atoms with Crippen LogP contribution in [0.1, 0.15) is 54.3 Å². The molecule has 0 spiro atoms. The minimum Gasteiger partial charge on any atom is -0.494 e. The molecule has 7 heteroatoms. The van der Waals surface area contributed by atoms with E-state index in [1.807, 2.05) is 13.8 Å². The molecule has 2 aromatic rings. The average molecular weight is 399 g/mol. The molecule has 0 aliphatic rings. The number of anilines is 1. The van der Waals surface area contributed by atoms with Gasteiger partial charge < -0.3 is 19.9 Å². The van der Waals surface area contributed by atoms with Crippen molar-refractivity contribution in [3.63, 3.8) is 0 Å². The van der Waals surface area contributed by atoms with Gasteiger partial charge in [0.25, 0.3) is 0 Å². The average Bonchev–Trinajstić information content (AvgIpc) is 2.66. The van der Waals surface area contributed by atoms with Crippen molar-refractivity contribution in [3.8, 4) is 11.5 Å². The summed E-state index contributed by atoms with van der Waals surface area (Å²) < 4.78 is 11.2. The highest BCUT2D eigenvalue weighted by atomic mass is 16.5. The molecule has 0 aliphatic carbocycles. The first-order valence-corrected chi connectivity index (χ1v) is 9.34. The van der Waals surface area contributed by atoms with Gasteiger partial charge in [-0.3, -0.25) is 9.59 Å². The van der Waals surface area contributed by atoms with E-state index in [0.29, 0.717) is 35.8 Å². The molecule has 154 valence electrons. The standard InChI is InChI=1S/C22H25NO6/c1-14(2)29-20-11-8-17(22(26)27)13-19(20)23-21(25)5-4-12-28-18-9-6-16(7-10-18)15(3)24/h6-11,13-14H,4-5,12H2,1-3H3,(H,23,25)(H,26,27). The second-order valence-corrected chi connectivity index (χ2v) is 6.76. The zero-order valence-electron chi connectivity index (χ0n) is 16.7. The van der Waals surface area contributed by atoms with Crippen molar-refractivity contribution < 1.29 is 29.0 Å². The fourth-order valence-electron chi connectivity index (χ4n) is 2.54. The molecule has 2 rings (SSSR count). The van der Waals surface area contributed by atoms with Crippen LogP contribution in [-0.4, -0.2) is 35.5 Å². The Kier molecular flexibility index (Phi) is 7.77. The second kappa shape index (κ2) is 10.3. The number of nitrogens with one attached hydrogen (secondary N) is 1. The van der Waals surface area contributed by atoms with E-state index >= 15 is 0 Å². The lowest BCUT2D eigenvalue weighted by Gasteiger charge is -2.15. The molecule has 29 heavy (non-hydrogen) atoms. The molecule has 0 unspecified atom stereocenters. The van der Waals surface area contributed by atoms with Gasteiger partial charge in [0.15, 0.2) is 5.78 Å². The quantitative estimate of drug-likeness (QED) is 0.459. The molecule has 0 fully saturated rings. The molecule has 2 N–H and O–H groups in total. The van der Waals surface area contributed by atoms with Crippen molar-refractivity contribution >= 4 is 23.3 Å². The molecular weight excluding hydrogens is 374 g/mol. The number of carbonyl (C=O) groups is 3. The number of carboxylic acid groups (broad SMARTS) is 1. The van der Waals surface area contributed by atoms with Gasteiger partial charge in [-0.05, 0) is 69.7 Å². The van der Waals surface area contributed by atoms with Gasteiger partial charge >= 0.3 is 5.97 Å². The van der Waals surface area contributed by atoms with Crippen molar-refractivity contribution in [2.75, 3.05) is 11.9 Å². The molecule has 0 saturated carbocycles. The fourth-order valence-corrected chi connectivity index (χ4v) is 2.54. The number of carboxylic acids is 1. The number of ketones is 1. The fraction of sp³-hybridized carbons (Fsp3) is 0.318. The Morgan fingerprint density at radius 1 is 1.03 bits per heavy atom. The first-order chi connectivity index (χ1) is 13.8. The van der Waals surface area contributed by atoms with Gasteiger partial charge in [0.1, 0.15) is 11.5 Å². The van der Waals surface area contributed by atoms with E-state index in [-0.39, 0.29) is 29.8 Å². The van der Waals surface area contributed by atoms with E-state index in [2.05, 4.69) is 5.32 Å². The summed E-state index contributed by atoms with van der Waals surface area (Å²) in [6.07, 6.45) is 0.549. The van der Waals surface area contributed by atoms with Crippen molar-refractivity contribution in [1.29, 1.82) is 0 Å². The number of ether oxygens (including phenoxy) is 2. The number of aromatic carboxylic acids is 1. The molecule has 2 aromatic carbocycles. The minimum absolute atomic E-state index is 0.0130. The van der Waals surface area contributed by atoms with Crippen LogP contribution in [0.4, 0.5) is 5.69 Å². The first-order valence-electron chi connectivity index (χ1n) is 9.34. The summed E-state index contributed by atoms with van der Waals surface area (Å²) in [6.45, 7) is 5.52. The SMILES string of the molecule is CC(=O)c1ccc(OCCCC(=O)Nc2cc(C(=O)O)ccc2OC(C)C)cc1. The Hall–Kier alpha value is -3.35. The third-order valence-electron chi connectivity index (χ3n) is 3.94. The number of carbonyl (C=O) groups excluding carboxylic acids is 2. The zero-order valence-corrected chi connectivity index (χ0v) is 16.7. The number of hydrogen-bond acceptors (Lipinski definition) is 5. The number of hydrogen-bond donors (Lipinski definition) is 2. The summed E-state index contributed by atoms with van der Waals surface area (Å²) in [4.78, 5) is 34.7. The van der Waals surface area contributed by atoms with Gasteiger partial charge in [0.05, 0.1) is 24.0 Å². The summed E-state index contributed by atoms with van der Waals surface area (Å²) in [5.41, 5.74) is 0.998. The van der Waals surface area contributed by atoms with Crippen LogP contribution in [0.2, 0.25) is 0 Å². The van der Waals surface area contributed by atoms with Crippen LogP contribution >= 0.6 is 0 Å². The molecule has 7 nitrogen and oxygen atoms in total. The highest BCUT2D eigenvalue weighted by Crippen LogP contribution is 2.27. The van der Waals surface area contributed by atoms with E-state index in [0.717, 1.165) is 0 Å². The van der Waals surface area contributed by atoms with Crippen LogP contribution in [0, 0.1) is 0 Å². The predicted octanol–water partition coefficient (Wildman–Crippen LogP) is 4.17. The maximum Gasteiger partial charge on any atom is 0.335 e. The van der Waals surface area contributed by atoms with E-state index in [1.54, 1.807) is 24.3 Å². The summed E-state index contributed by atoms with van der Waals surface area (Å²) in [5, 5.41) is 11.9. The Morgan fingerprint density at radius 2 is 1.69 bits per heavy atom. The summed E-state index contributed by atoms with van der Waals surface area (Å²) in [7, 11) is 0. The highest BCUT2D eigenvalue weighted by Gasteiger charge is 2.13. The Labute approximate surface area is 169 Å². The number of rotatable bonds is 10. The number of benzene rings is 2. The first kappa shape index (κ1) is 21.9. The zero-order chi connectivity index (χ0) is 21.4. The van der Waals surface area contributed by atoms with Crippen LogP contribution in [0.3, 0.4) is 0 Å². The Bertz CT molecular complexity index is 873. The lowest BCUT2D eigenvalue weighted by Crippen LogP contribution is -2.15. The van der Waals surface area contributed by atoms with Gasteiger partial charge in [-0.15, -0.1) is 0 Å². The third-order valence-corrected chi connectivity index (χ3v) is 3.94. The molecule has 0 saturated heterocycles.